The summed E-state index contributed by atoms with van der Waals surface area (Å²) in [5, 5.41) is 0. The van der Waals surface area contributed by atoms with Crippen molar-refractivity contribution in [3.63, 3.8) is 0 Å². The third kappa shape index (κ3) is 1.35. The monoisotopic (exact) mass is 228 g/mol. The largest absolute Gasteiger partial charge is 0.420 e. The lowest BCUT2D eigenvalue weighted by atomic mass is 10.3. The molecule has 3 fully saturated rings. The van der Waals surface area contributed by atoms with Gasteiger partial charge in [-0.1, -0.05) is 25.7 Å². The summed E-state index contributed by atoms with van der Waals surface area (Å²) in [5.41, 5.74) is 1.76. The van der Waals surface area contributed by atoms with Crippen molar-refractivity contribution in [2.24, 2.45) is 0 Å². The highest BCUT2D eigenvalue weighted by atomic mass is 28.5. The van der Waals surface area contributed by atoms with Crippen molar-refractivity contribution in [1.82, 2.24) is 0 Å². The molecule has 2 saturated carbocycles. The Kier molecular flexibility index (Phi) is 2.55. The summed E-state index contributed by atoms with van der Waals surface area (Å²) in [6, 6.07) is 0. The van der Waals surface area contributed by atoms with E-state index in [0.29, 0.717) is 0 Å². The van der Waals surface area contributed by atoms with Crippen molar-refractivity contribution in [2.75, 3.05) is 0 Å². The molecular weight excluding hydrogens is 208 g/mol. The standard InChI is InChI=1S/C10H20O2Si2/c1-2-6-9(5-1)14(11-13-12-14)10-7-3-4-8-10/h9-10H,1-8,13H2. The summed E-state index contributed by atoms with van der Waals surface area (Å²) in [6.45, 7) is 0. The molecule has 0 amide bonds. The van der Waals surface area contributed by atoms with Gasteiger partial charge in [0.15, 0.2) is 0 Å². The highest BCUT2D eigenvalue weighted by Gasteiger charge is 2.57. The van der Waals surface area contributed by atoms with Crippen LogP contribution in [0.5, 0.6) is 0 Å². The van der Waals surface area contributed by atoms with Gasteiger partial charge in [0.25, 0.3) is 10.0 Å². The summed E-state index contributed by atoms with van der Waals surface area (Å²) >= 11 is 0. The molecule has 0 bridgehead atoms. The number of hydrogen-bond acceptors (Lipinski definition) is 2. The zero-order valence-electron chi connectivity index (χ0n) is 8.84. The second kappa shape index (κ2) is 3.74. The highest BCUT2D eigenvalue weighted by molar-refractivity contribution is 6.82. The molecular formula is C10H20O2Si2. The first kappa shape index (κ1) is 9.57. The Morgan fingerprint density at radius 3 is 1.50 bits per heavy atom. The molecule has 80 valence electrons. The maximum Gasteiger partial charge on any atom is 0.326 e. The highest BCUT2D eigenvalue weighted by Crippen LogP contribution is 2.53. The van der Waals surface area contributed by atoms with E-state index in [1.807, 2.05) is 0 Å². The van der Waals surface area contributed by atoms with Crippen LogP contribution in [0.25, 0.3) is 0 Å². The topological polar surface area (TPSA) is 18.5 Å². The van der Waals surface area contributed by atoms with Gasteiger partial charge in [0.05, 0.1) is 0 Å². The van der Waals surface area contributed by atoms with E-state index in [-0.39, 0.29) is 0 Å². The smallest absolute Gasteiger partial charge is 0.326 e. The lowest BCUT2D eigenvalue weighted by Gasteiger charge is -2.47. The van der Waals surface area contributed by atoms with Crippen LogP contribution in [0.4, 0.5) is 0 Å². The molecule has 0 atom stereocenters. The number of hydrogen-bond donors (Lipinski definition) is 0. The zero-order chi connectivity index (χ0) is 9.43. The number of rotatable bonds is 2. The molecule has 0 unspecified atom stereocenters. The Bertz CT molecular complexity index is 188. The van der Waals surface area contributed by atoms with Gasteiger partial charge in [0.2, 0.25) is 0 Å². The van der Waals surface area contributed by atoms with Crippen LogP contribution in [0.1, 0.15) is 51.4 Å². The van der Waals surface area contributed by atoms with Crippen LogP contribution in [0.15, 0.2) is 0 Å². The van der Waals surface area contributed by atoms with Crippen molar-refractivity contribution in [1.29, 1.82) is 0 Å². The first-order chi connectivity index (χ1) is 6.92. The Balaban J connectivity index is 1.75. The first-order valence-electron chi connectivity index (χ1n) is 6.20. The fourth-order valence-corrected chi connectivity index (χ4v) is 12.1. The SMILES string of the molecule is C1CCC([Si]2(C3CCCC3)O[SiH2]O2)C1. The molecule has 3 rings (SSSR count). The van der Waals surface area contributed by atoms with E-state index in [1.54, 1.807) is 0 Å². The summed E-state index contributed by atoms with van der Waals surface area (Å²) in [4.78, 5) is 0. The summed E-state index contributed by atoms with van der Waals surface area (Å²) in [6.07, 6.45) is 11.4. The predicted molar refractivity (Wildman–Crippen MR) is 60.9 cm³/mol. The summed E-state index contributed by atoms with van der Waals surface area (Å²) in [5.74, 6) is 0. The second-order valence-electron chi connectivity index (χ2n) is 5.09. The van der Waals surface area contributed by atoms with Gasteiger partial charge in [-0.15, -0.1) is 0 Å². The average molecular weight is 228 g/mol. The Hall–Kier alpha value is 0.354. The Labute approximate surface area is 89.7 Å². The molecule has 1 saturated heterocycles. The van der Waals surface area contributed by atoms with E-state index in [0.717, 1.165) is 11.1 Å². The molecule has 1 heterocycles. The van der Waals surface area contributed by atoms with Crippen LogP contribution in [0.3, 0.4) is 0 Å². The van der Waals surface area contributed by atoms with Gasteiger partial charge in [-0.25, -0.2) is 0 Å². The van der Waals surface area contributed by atoms with Gasteiger partial charge >= 0.3 is 8.56 Å². The van der Waals surface area contributed by atoms with E-state index < -0.39 is 18.6 Å². The molecule has 0 N–H and O–H groups in total. The van der Waals surface area contributed by atoms with Crippen molar-refractivity contribution in [3.8, 4) is 0 Å². The summed E-state index contributed by atoms with van der Waals surface area (Å²) in [7, 11) is -2.12. The average Bonchev–Trinajstić information content (AvgIpc) is 2.71. The molecule has 2 aliphatic carbocycles. The van der Waals surface area contributed by atoms with Gasteiger partial charge in [-0.05, 0) is 25.7 Å². The van der Waals surface area contributed by atoms with Crippen LogP contribution in [0.2, 0.25) is 11.1 Å². The fraction of sp³-hybridized carbons (Fsp3) is 1.00. The van der Waals surface area contributed by atoms with Crippen molar-refractivity contribution in [2.45, 2.75) is 62.4 Å². The van der Waals surface area contributed by atoms with Crippen LogP contribution >= 0.6 is 0 Å². The minimum Gasteiger partial charge on any atom is -0.420 e. The molecule has 0 aromatic heterocycles. The fourth-order valence-electron chi connectivity index (χ4n) is 3.66. The van der Waals surface area contributed by atoms with Gasteiger partial charge in [-0.3, -0.25) is 0 Å². The van der Waals surface area contributed by atoms with E-state index in [1.165, 1.54) is 51.4 Å². The molecule has 0 aromatic rings. The third-order valence-corrected chi connectivity index (χ3v) is 12.4. The molecule has 14 heavy (non-hydrogen) atoms. The molecule has 0 radical (unpaired) electrons. The van der Waals surface area contributed by atoms with E-state index in [2.05, 4.69) is 0 Å². The predicted octanol–water partition coefficient (Wildman–Crippen LogP) is 2.36. The minimum absolute atomic E-state index is 0.505. The van der Waals surface area contributed by atoms with E-state index in [9.17, 15) is 0 Å². The summed E-state index contributed by atoms with van der Waals surface area (Å²) < 4.78 is 12.3. The molecule has 0 aromatic carbocycles. The molecule has 0 spiro atoms. The van der Waals surface area contributed by atoms with Crippen molar-refractivity contribution >= 4 is 18.6 Å². The van der Waals surface area contributed by atoms with E-state index in [4.69, 9.17) is 8.23 Å². The quantitative estimate of drug-likeness (QED) is 0.676. The van der Waals surface area contributed by atoms with Crippen molar-refractivity contribution in [3.05, 3.63) is 0 Å². The van der Waals surface area contributed by atoms with Gasteiger partial charge in [-0.2, -0.15) is 0 Å². The second-order valence-corrected chi connectivity index (χ2v) is 10.7. The maximum atomic E-state index is 6.14. The van der Waals surface area contributed by atoms with Gasteiger partial charge in [0, 0.05) is 11.1 Å². The van der Waals surface area contributed by atoms with Gasteiger partial charge in [0.1, 0.15) is 0 Å². The van der Waals surface area contributed by atoms with Crippen LogP contribution in [-0.4, -0.2) is 18.6 Å². The lowest BCUT2D eigenvalue weighted by molar-refractivity contribution is 0.239. The molecule has 2 nitrogen and oxygen atoms in total. The maximum absolute atomic E-state index is 6.14. The zero-order valence-corrected chi connectivity index (χ0v) is 11.2. The van der Waals surface area contributed by atoms with E-state index >= 15 is 0 Å². The van der Waals surface area contributed by atoms with Crippen LogP contribution < -0.4 is 0 Å². The van der Waals surface area contributed by atoms with Gasteiger partial charge < -0.3 is 8.23 Å². The first-order valence-corrected chi connectivity index (χ1v) is 9.32. The van der Waals surface area contributed by atoms with Crippen LogP contribution in [0, 0.1) is 0 Å². The minimum atomic E-state index is -1.61. The van der Waals surface area contributed by atoms with Crippen LogP contribution in [-0.2, 0) is 8.23 Å². The molecule has 4 heteroatoms. The third-order valence-electron chi connectivity index (χ3n) is 4.42. The Morgan fingerprint density at radius 2 is 1.21 bits per heavy atom. The molecule has 3 aliphatic rings. The Morgan fingerprint density at radius 1 is 0.786 bits per heavy atom. The lowest BCUT2D eigenvalue weighted by Crippen LogP contribution is -2.60. The van der Waals surface area contributed by atoms with Crippen molar-refractivity contribution < 1.29 is 8.23 Å². The molecule has 1 aliphatic heterocycles. The normalized spacial score (nSPS) is 33.4.